The van der Waals surface area contributed by atoms with Gasteiger partial charge in [0.2, 0.25) is 0 Å². The van der Waals surface area contributed by atoms with Crippen LogP contribution in [0.25, 0.3) is 21.6 Å². The molecule has 0 bridgehead atoms. The van der Waals surface area contributed by atoms with E-state index in [9.17, 15) is 4.79 Å². The maximum Gasteiger partial charge on any atom is 0.257 e. The van der Waals surface area contributed by atoms with Gasteiger partial charge in [0.05, 0.1) is 37.3 Å². The molecule has 1 aromatic carbocycles. The second-order valence-electron chi connectivity index (χ2n) is 5.69. The molecule has 5 nitrogen and oxygen atoms in total. The van der Waals surface area contributed by atoms with Gasteiger partial charge in [0.1, 0.15) is 0 Å². The number of aryl methyl sites for hydroxylation is 2. The van der Waals surface area contributed by atoms with Crippen LogP contribution in [-0.2, 0) is 0 Å². The summed E-state index contributed by atoms with van der Waals surface area (Å²) in [6, 6.07) is 9.05. The van der Waals surface area contributed by atoms with E-state index in [0.717, 1.165) is 27.5 Å². The standard InChI is InChI=1S/C18H13ClN4OS2/c1-9-10(2)21-13-7-11(3-4-12(13)20-9)17(24)23-18-22-14(8-25-18)15-5-6-16(19)26-15/h3-8H,1-2H3,(H,22,23,24). The van der Waals surface area contributed by atoms with Crippen LogP contribution in [0.15, 0.2) is 35.7 Å². The van der Waals surface area contributed by atoms with Crippen molar-refractivity contribution in [2.45, 2.75) is 13.8 Å². The van der Waals surface area contributed by atoms with Crippen LogP contribution in [0.5, 0.6) is 0 Å². The molecule has 0 unspecified atom stereocenters. The number of anilines is 1. The van der Waals surface area contributed by atoms with Gasteiger partial charge >= 0.3 is 0 Å². The summed E-state index contributed by atoms with van der Waals surface area (Å²) >= 11 is 8.80. The van der Waals surface area contributed by atoms with Gasteiger partial charge < -0.3 is 0 Å². The van der Waals surface area contributed by atoms with Gasteiger partial charge in [0.15, 0.2) is 5.13 Å². The number of thiazole rings is 1. The monoisotopic (exact) mass is 400 g/mol. The Balaban J connectivity index is 1.57. The predicted molar refractivity (Wildman–Crippen MR) is 107 cm³/mol. The van der Waals surface area contributed by atoms with Crippen molar-refractivity contribution in [2.24, 2.45) is 0 Å². The molecule has 26 heavy (non-hydrogen) atoms. The number of nitrogens with one attached hydrogen (secondary N) is 1. The third-order valence-electron chi connectivity index (χ3n) is 3.89. The molecule has 0 aliphatic heterocycles. The average molecular weight is 401 g/mol. The molecule has 0 aliphatic carbocycles. The third kappa shape index (κ3) is 3.33. The number of halogens is 1. The number of thiophene rings is 1. The number of rotatable bonds is 3. The Morgan fingerprint density at radius 3 is 2.54 bits per heavy atom. The lowest BCUT2D eigenvalue weighted by Gasteiger charge is -2.05. The quantitative estimate of drug-likeness (QED) is 0.504. The van der Waals surface area contributed by atoms with Crippen molar-refractivity contribution in [2.75, 3.05) is 5.32 Å². The van der Waals surface area contributed by atoms with Gasteiger partial charge in [0.25, 0.3) is 5.91 Å². The van der Waals surface area contributed by atoms with Crippen LogP contribution >= 0.6 is 34.3 Å². The van der Waals surface area contributed by atoms with Crippen LogP contribution in [0, 0.1) is 13.8 Å². The Kier molecular flexibility index (Phi) is 4.44. The van der Waals surface area contributed by atoms with Crippen LogP contribution < -0.4 is 5.32 Å². The van der Waals surface area contributed by atoms with Crippen molar-refractivity contribution in [1.29, 1.82) is 0 Å². The molecule has 0 atom stereocenters. The number of hydrogen-bond donors (Lipinski definition) is 1. The van der Waals surface area contributed by atoms with Gasteiger partial charge in [-0.05, 0) is 44.2 Å². The molecule has 0 aliphatic rings. The van der Waals surface area contributed by atoms with E-state index in [-0.39, 0.29) is 5.91 Å². The number of aromatic nitrogens is 3. The zero-order valence-corrected chi connectivity index (χ0v) is 16.3. The molecule has 3 heterocycles. The van der Waals surface area contributed by atoms with E-state index in [0.29, 0.717) is 20.5 Å². The van der Waals surface area contributed by atoms with Crippen LogP contribution in [0.2, 0.25) is 4.34 Å². The number of carbonyl (C=O) groups excluding carboxylic acids is 1. The van der Waals surface area contributed by atoms with Crippen LogP contribution in [0.4, 0.5) is 5.13 Å². The topological polar surface area (TPSA) is 67.8 Å². The molecule has 4 aromatic rings. The minimum atomic E-state index is -0.225. The SMILES string of the molecule is Cc1nc2ccc(C(=O)Nc3nc(-c4ccc(Cl)s4)cs3)cc2nc1C. The highest BCUT2D eigenvalue weighted by Gasteiger charge is 2.12. The highest BCUT2D eigenvalue weighted by Crippen LogP contribution is 2.33. The smallest absolute Gasteiger partial charge is 0.257 e. The fourth-order valence-corrected chi connectivity index (χ4v) is 4.22. The van der Waals surface area contributed by atoms with Crippen molar-refractivity contribution >= 4 is 56.3 Å². The molecule has 0 fully saturated rings. The zero-order valence-electron chi connectivity index (χ0n) is 13.9. The van der Waals surface area contributed by atoms with Crippen molar-refractivity contribution in [3.63, 3.8) is 0 Å². The lowest BCUT2D eigenvalue weighted by atomic mass is 10.1. The van der Waals surface area contributed by atoms with E-state index < -0.39 is 0 Å². The molecule has 8 heteroatoms. The molecule has 0 radical (unpaired) electrons. The maximum absolute atomic E-state index is 12.5. The molecule has 0 saturated heterocycles. The number of hydrogen-bond acceptors (Lipinski definition) is 6. The molecule has 3 aromatic heterocycles. The Morgan fingerprint density at radius 2 is 1.81 bits per heavy atom. The lowest BCUT2D eigenvalue weighted by Crippen LogP contribution is -2.11. The molecular weight excluding hydrogens is 388 g/mol. The van der Waals surface area contributed by atoms with E-state index in [4.69, 9.17) is 11.6 Å². The average Bonchev–Trinajstić information content (AvgIpc) is 3.24. The summed E-state index contributed by atoms with van der Waals surface area (Å²) in [7, 11) is 0. The van der Waals surface area contributed by atoms with E-state index in [1.165, 1.54) is 22.7 Å². The number of carbonyl (C=O) groups is 1. The summed E-state index contributed by atoms with van der Waals surface area (Å²) in [5.41, 5.74) is 4.54. The van der Waals surface area contributed by atoms with Crippen molar-refractivity contribution in [3.8, 4) is 10.6 Å². The van der Waals surface area contributed by atoms with Gasteiger partial charge in [0, 0.05) is 10.9 Å². The van der Waals surface area contributed by atoms with Gasteiger partial charge in [-0.2, -0.15) is 0 Å². The van der Waals surface area contributed by atoms with Gasteiger partial charge in [-0.25, -0.2) is 15.0 Å². The van der Waals surface area contributed by atoms with Gasteiger partial charge in [-0.3, -0.25) is 10.1 Å². The molecule has 4 rings (SSSR count). The first kappa shape index (κ1) is 17.1. The molecule has 0 spiro atoms. The highest BCUT2D eigenvalue weighted by molar-refractivity contribution is 7.20. The summed E-state index contributed by atoms with van der Waals surface area (Å²) < 4.78 is 0.710. The summed E-state index contributed by atoms with van der Waals surface area (Å²) in [6.07, 6.45) is 0. The van der Waals surface area contributed by atoms with Crippen LogP contribution in [0.1, 0.15) is 21.7 Å². The van der Waals surface area contributed by atoms with Gasteiger partial charge in [-0.1, -0.05) is 11.6 Å². The zero-order chi connectivity index (χ0) is 18.3. The van der Waals surface area contributed by atoms with Crippen molar-refractivity contribution in [1.82, 2.24) is 15.0 Å². The Bertz CT molecular complexity index is 1140. The maximum atomic E-state index is 12.5. The van der Waals surface area contributed by atoms with Crippen LogP contribution in [-0.4, -0.2) is 20.9 Å². The van der Waals surface area contributed by atoms with E-state index in [1.54, 1.807) is 12.1 Å². The molecular formula is C18H13ClN4OS2. The lowest BCUT2D eigenvalue weighted by molar-refractivity contribution is 0.102. The fraction of sp³-hybridized carbons (Fsp3) is 0.111. The molecule has 130 valence electrons. The summed E-state index contributed by atoms with van der Waals surface area (Å²) in [4.78, 5) is 27.0. The third-order valence-corrected chi connectivity index (χ3v) is 5.90. The van der Waals surface area contributed by atoms with Crippen molar-refractivity contribution < 1.29 is 4.79 Å². The van der Waals surface area contributed by atoms with E-state index in [1.807, 2.05) is 37.4 Å². The highest BCUT2D eigenvalue weighted by atomic mass is 35.5. The first-order valence-electron chi connectivity index (χ1n) is 7.77. The largest absolute Gasteiger partial charge is 0.298 e. The first-order valence-corrected chi connectivity index (χ1v) is 9.84. The fourth-order valence-electron chi connectivity index (χ4n) is 2.44. The second-order valence-corrected chi connectivity index (χ2v) is 8.27. The normalized spacial score (nSPS) is 11.0. The number of benzene rings is 1. The minimum Gasteiger partial charge on any atom is -0.298 e. The second kappa shape index (κ2) is 6.75. The molecule has 0 saturated carbocycles. The predicted octanol–water partition coefficient (Wildman–Crippen LogP) is 5.34. The van der Waals surface area contributed by atoms with E-state index >= 15 is 0 Å². The Labute approximate surface area is 162 Å². The minimum absolute atomic E-state index is 0.225. The molecule has 1 amide bonds. The van der Waals surface area contributed by atoms with Crippen molar-refractivity contribution in [3.05, 3.63) is 57.0 Å². The Morgan fingerprint density at radius 1 is 1.04 bits per heavy atom. The molecule has 1 N–H and O–H groups in total. The van der Waals surface area contributed by atoms with Gasteiger partial charge in [-0.15, -0.1) is 22.7 Å². The Hall–Kier alpha value is -2.35. The van der Waals surface area contributed by atoms with E-state index in [2.05, 4.69) is 20.3 Å². The summed E-state index contributed by atoms with van der Waals surface area (Å²) in [5, 5.41) is 5.28. The summed E-state index contributed by atoms with van der Waals surface area (Å²) in [6.45, 7) is 3.83. The first-order chi connectivity index (χ1) is 12.5. The summed E-state index contributed by atoms with van der Waals surface area (Å²) in [5.74, 6) is -0.225. The number of nitrogens with zero attached hydrogens (tertiary/aromatic N) is 3. The number of fused-ring (bicyclic) bond motifs is 1. The van der Waals surface area contributed by atoms with Crippen LogP contribution in [0.3, 0.4) is 0 Å². The number of amides is 1.